The van der Waals surface area contributed by atoms with Crippen molar-refractivity contribution in [2.75, 3.05) is 58.9 Å². The first-order chi connectivity index (χ1) is 14.0. The monoisotopic (exact) mass is 442 g/mol. The van der Waals surface area contributed by atoms with Crippen molar-refractivity contribution in [3.8, 4) is 0 Å². The quantitative estimate of drug-likeness (QED) is 0.589. The Morgan fingerprint density at radius 1 is 1.17 bits per heavy atom. The summed E-state index contributed by atoms with van der Waals surface area (Å²) in [4.78, 5) is 17.5. The van der Waals surface area contributed by atoms with Gasteiger partial charge >= 0.3 is 0 Å². The molecule has 9 heteroatoms. The zero-order valence-electron chi connectivity index (χ0n) is 17.4. The minimum absolute atomic E-state index is 0.00682. The average Bonchev–Trinajstić information content (AvgIpc) is 3.30. The Morgan fingerprint density at radius 3 is 2.62 bits per heavy atom. The van der Waals surface area contributed by atoms with E-state index in [9.17, 15) is 13.2 Å². The van der Waals surface area contributed by atoms with Crippen LogP contribution < -0.4 is 5.32 Å². The van der Waals surface area contributed by atoms with Gasteiger partial charge in [-0.2, -0.15) is 4.31 Å². The maximum Gasteiger partial charge on any atom is 0.252 e. The Kier molecular flexibility index (Phi) is 8.49. The van der Waals surface area contributed by atoms with Crippen LogP contribution in [0.2, 0.25) is 0 Å². The number of hydrogen-bond donors (Lipinski definition) is 1. The number of nitrogens with one attached hydrogen (secondary N) is 1. The standard InChI is InChI=1S/C20H34N4O3S2/c1-2-22-12-14-23(15-13-22)10-4-3-9-21-20(25)18-7-5-11-24(17-18)29(26,27)19-8-6-16-28-19/h6,8,16,18H,2-5,7,9-15,17H2,1H3,(H,21,25). The largest absolute Gasteiger partial charge is 0.356 e. The van der Waals surface area contributed by atoms with Gasteiger partial charge in [-0.25, -0.2) is 8.42 Å². The summed E-state index contributed by atoms with van der Waals surface area (Å²) >= 11 is 1.23. The molecule has 1 unspecified atom stereocenters. The first-order valence-corrected chi connectivity index (χ1v) is 13.1. The summed E-state index contributed by atoms with van der Waals surface area (Å²) < 4.78 is 27.2. The molecular formula is C20H34N4O3S2. The fourth-order valence-electron chi connectivity index (χ4n) is 4.06. The molecule has 0 bridgehead atoms. The Labute approximate surface area is 179 Å². The summed E-state index contributed by atoms with van der Waals surface area (Å²) in [5.74, 6) is -0.256. The number of likely N-dealkylation sites (N-methyl/N-ethyl adjacent to an activating group) is 1. The molecule has 1 atom stereocenters. The summed E-state index contributed by atoms with van der Waals surface area (Å²) in [6.07, 6.45) is 3.52. The molecule has 1 amide bonds. The van der Waals surface area contributed by atoms with Crippen LogP contribution >= 0.6 is 11.3 Å². The lowest BCUT2D eigenvalue weighted by atomic mass is 9.99. The van der Waals surface area contributed by atoms with Gasteiger partial charge in [-0.05, 0) is 50.2 Å². The maximum atomic E-state index is 12.7. The highest BCUT2D eigenvalue weighted by atomic mass is 32.2. The zero-order valence-corrected chi connectivity index (χ0v) is 19.0. The second-order valence-corrected chi connectivity index (χ2v) is 11.0. The summed E-state index contributed by atoms with van der Waals surface area (Å²) in [6, 6.07) is 3.38. The van der Waals surface area contributed by atoms with E-state index in [2.05, 4.69) is 22.0 Å². The van der Waals surface area contributed by atoms with E-state index in [0.717, 1.165) is 65.0 Å². The third-order valence-corrected chi connectivity index (χ3v) is 9.19. The molecule has 2 aliphatic heterocycles. The van der Waals surface area contributed by atoms with Crippen LogP contribution in [0.3, 0.4) is 0 Å². The number of sulfonamides is 1. The fourth-order valence-corrected chi connectivity index (χ4v) is 6.73. The van der Waals surface area contributed by atoms with Gasteiger partial charge in [-0.1, -0.05) is 13.0 Å². The fraction of sp³-hybridized carbons (Fsp3) is 0.750. The van der Waals surface area contributed by atoms with Gasteiger partial charge in [0.15, 0.2) is 0 Å². The molecule has 3 rings (SSSR count). The SMILES string of the molecule is CCN1CCN(CCCCNC(=O)C2CCCN(S(=O)(=O)c3cccs3)C2)CC1. The van der Waals surface area contributed by atoms with Gasteiger partial charge in [0.2, 0.25) is 5.91 Å². The average molecular weight is 443 g/mol. The smallest absolute Gasteiger partial charge is 0.252 e. The molecule has 7 nitrogen and oxygen atoms in total. The number of rotatable bonds is 9. The van der Waals surface area contributed by atoms with Gasteiger partial charge in [-0.15, -0.1) is 11.3 Å². The van der Waals surface area contributed by atoms with Crippen LogP contribution in [0.4, 0.5) is 0 Å². The third kappa shape index (κ3) is 6.24. The molecule has 1 aromatic heterocycles. The molecule has 1 N–H and O–H groups in total. The summed E-state index contributed by atoms with van der Waals surface area (Å²) in [5, 5.41) is 4.80. The van der Waals surface area contributed by atoms with Gasteiger partial charge in [0.25, 0.3) is 10.0 Å². The van der Waals surface area contributed by atoms with Gasteiger partial charge in [0.05, 0.1) is 5.92 Å². The molecule has 0 aromatic carbocycles. The predicted octanol–water partition coefficient (Wildman–Crippen LogP) is 1.68. The highest BCUT2D eigenvalue weighted by Gasteiger charge is 2.33. The number of thiophene rings is 1. The molecule has 2 saturated heterocycles. The Morgan fingerprint density at radius 2 is 1.93 bits per heavy atom. The predicted molar refractivity (Wildman–Crippen MR) is 117 cm³/mol. The number of carbonyl (C=O) groups is 1. The molecule has 1 aromatic rings. The normalized spacial score (nSPS) is 22.6. The highest BCUT2D eigenvalue weighted by Crippen LogP contribution is 2.26. The van der Waals surface area contributed by atoms with Gasteiger partial charge in [0, 0.05) is 45.8 Å². The van der Waals surface area contributed by atoms with E-state index in [1.54, 1.807) is 17.5 Å². The third-order valence-electron chi connectivity index (χ3n) is 5.96. The van der Waals surface area contributed by atoms with E-state index in [-0.39, 0.29) is 18.4 Å². The molecule has 3 heterocycles. The first kappa shape index (κ1) is 22.7. The first-order valence-electron chi connectivity index (χ1n) is 10.8. The minimum atomic E-state index is -3.47. The molecule has 0 radical (unpaired) electrons. The van der Waals surface area contributed by atoms with E-state index < -0.39 is 10.0 Å². The van der Waals surface area contributed by atoms with Gasteiger partial charge in [0.1, 0.15) is 4.21 Å². The summed E-state index contributed by atoms with van der Waals surface area (Å²) in [7, 11) is -3.47. The molecule has 0 saturated carbocycles. The lowest BCUT2D eigenvalue weighted by Gasteiger charge is -2.34. The number of nitrogens with zero attached hydrogens (tertiary/aromatic N) is 3. The van der Waals surface area contributed by atoms with E-state index in [4.69, 9.17) is 0 Å². The summed E-state index contributed by atoms with van der Waals surface area (Å²) in [5.41, 5.74) is 0. The van der Waals surface area contributed by atoms with Crippen molar-refractivity contribution >= 4 is 27.3 Å². The molecule has 2 aliphatic rings. The van der Waals surface area contributed by atoms with Crippen LogP contribution in [0, 0.1) is 5.92 Å². The maximum absolute atomic E-state index is 12.7. The lowest BCUT2D eigenvalue weighted by Crippen LogP contribution is -2.46. The molecule has 29 heavy (non-hydrogen) atoms. The number of hydrogen-bond acceptors (Lipinski definition) is 6. The number of carbonyl (C=O) groups excluding carboxylic acids is 1. The zero-order chi connectivity index (χ0) is 20.7. The van der Waals surface area contributed by atoms with Crippen LogP contribution in [0.25, 0.3) is 0 Å². The Hall–Kier alpha value is -1.00. The topological polar surface area (TPSA) is 73.0 Å². The van der Waals surface area contributed by atoms with Gasteiger partial charge < -0.3 is 15.1 Å². The molecule has 164 valence electrons. The van der Waals surface area contributed by atoms with Crippen LogP contribution in [0.15, 0.2) is 21.7 Å². The van der Waals surface area contributed by atoms with E-state index in [1.165, 1.54) is 15.6 Å². The minimum Gasteiger partial charge on any atom is -0.356 e. The van der Waals surface area contributed by atoms with Crippen molar-refractivity contribution in [3.05, 3.63) is 17.5 Å². The molecule has 0 aliphatic carbocycles. The lowest BCUT2D eigenvalue weighted by molar-refractivity contribution is -0.126. The molecule has 2 fully saturated rings. The second kappa shape index (κ2) is 10.9. The van der Waals surface area contributed by atoms with E-state index in [1.807, 2.05) is 0 Å². The highest BCUT2D eigenvalue weighted by molar-refractivity contribution is 7.91. The van der Waals surface area contributed by atoms with Crippen molar-refractivity contribution in [3.63, 3.8) is 0 Å². The van der Waals surface area contributed by atoms with E-state index in [0.29, 0.717) is 17.3 Å². The van der Waals surface area contributed by atoms with E-state index >= 15 is 0 Å². The van der Waals surface area contributed by atoms with Crippen LogP contribution in [0.1, 0.15) is 32.6 Å². The van der Waals surface area contributed by atoms with Crippen molar-refractivity contribution in [2.24, 2.45) is 5.92 Å². The van der Waals surface area contributed by atoms with Crippen molar-refractivity contribution in [2.45, 2.75) is 36.8 Å². The van der Waals surface area contributed by atoms with Gasteiger partial charge in [-0.3, -0.25) is 4.79 Å². The Balaban J connectivity index is 1.35. The number of amides is 1. The molecule has 0 spiro atoms. The number of piperidine rings is 1. The number of piperazine rings is 1. The second-order valence-electron chi connectivity index (χ2n) is 7.91. The van der Waals surface area contributed by atoms with Crippen LogP contribution in [-0.4, -0.2) is 87.3 Å². The van der Waals surface area contributed by atoms with Crippen LogP contribution in [-0.2, 0) is 14.8 Å². The molecular weight excluding hydrogens is 408 g/mol. The van der Waals surface area contributed by atoms with Crippen molar-refractivity contribution < 1.29 is 13.2 Å². The van der Waals surface area contributed by atoms with Crippen molar-refractivity contribution in [1.29, 1.82) is 0 Å². The number of unbranched alkanes of at least 4 members (excludes halogenated alkanes) is 1. The van der Waals surface area contributed by atoms with Crippen LogP contribution in [0.5, 0.6) is 0 Å². The van der Waals surface area contributed by atoms with Crippen molar-refractivity contribution in [1.82, 2.24) is 19.4 Å². The summed E-state index contributed by atoms with van der Waals surface area (Å²) in [6.45, 7) is 10.5. The Bertz CT molecular complexity index is 731.